The van der Waals surface area contributed by atoms with Crippen molar-refractivity contribution in [3.63, 3.8) is 0 Å². The molecule has 0 radical (unpaired) electrons. The normalized spacial score (nSPS) is 51.7. The largest absolute Gasteiger partial charge is 0.395 e. The third kappa shape index (κ3) is 3.80. The highest BCUT2D eigenvalue weighted by Gasteiger charge is 2.49. The fourth-order valence-electron chi connectivity index (χ4n) is 2.49. The zero-order valence-corrected chi connectivity index (χ0v) is 12.8. The summed E-state index contributed by atoms with van der Waals surface area (Å²) in [4.78, 5) is 0. The molecule has 2 heterocycles. The molecule has 0 unspecified atom stereocenters. The SMILES string of the molecule is OC[C@H]1O[C@@H](O[C@@H]2S[C@H](CO)[C@H](O)[C@H](O)[C@H]2O)[C@H](O)[C@@H](O)[C@H]1O. The first-order valence-corrected chi connectivity index (χ1v) is 8.02. The molecular weight excluding hydrogens is 336 g/mol. The van der Waals surface area contributed by atoms with Gasteiger partial charge in [0.2, 0.25) is 0 Å². The van der Waals surface area contributed by atoms with Gasteiger partial charge in [-0.15, -0.1) is 11.8 Å². The summed E-state index contributed by atoms with van der Waals surface area (Å²) >= 11 is 0.828. The lowest BCUT2D eigenvalue weighted by atomic mass is 9.99. The Morgan fingerprint density at radius 1 is 0.739 bits per heavy atom. The Labute approximate surface area is 135 Å². The van der Waals surface area contributed by atoms with Crippen LogP contribution < -0.4 is 0 Å². The molecule has 8 N–H and O–H groups in total. The van der Waals surface area contributed by atoms with Crippen LogP contribution in [-0.4, -0.2) is 114 Å². The zero-order valence-electron chi connectivity index (χ0n) is 12.0. The van der Waals surface area contributed by atoms with E-state index in [-0.39, 0.29) is 0 Å². The van der Waals surface area contributed by atoms with E-state index in [9.17, 15) is 35.7 Å². The van der Waals surface area contributed by atoms with Crippen molar-refractivity contribution in [1.29, 1.82) is 0 Å². The van der Waals surface area contributed by atoms with Gasteiger partial charge in [0, 0.05) is 0 Å². The van der Waals surface area contributed by atoms with Crippen LogP contribution in [0.1, 0.15) is 0 Å². The standard InChI is InChI=1S/C12H22O10S/c13-1-3-5(15)7(17)9(19)11(21-3)22-12-10(20)8(18)6(16)4(2-14)23-12/h3-20H,1-2H2/t3-,4-,5+,6+,7+,8+,9-,10-,11+,12-/m1/s1. The molecule has 0 aromatic rings. The van der Waals surface area contributed by atoms with Gasteiger partial charge in [-0.05, 0) is 0 Å². The monoisotopic (exact) mass is 358 g/mol. The summed E-state index contributed by atoms with van der Waals surface area (Å²) < 4.78 is 10.5. The molecule has 2 saturated heterocycles. The van der Waals surface area contributed by atoms with Gasteiger partial charge >= 0.3 is 0 Å². The second-order valence-electron chi connectivity index (χ2n) is 5.53. The molecule has 136 valence electrons. The highest BCUT2D eigenvalue weighted by molar-refractivity contribution is 8.00. The number of ether oxygens (including phenoxy) is 2. The molecule has 2 rings (SSSR count). The molecular formula is C12H22O10S. The molecule has 0 spiro atoms. The first-order valence-electron chi connectivity index (χ1n) is 7.08. The van der Waals surface area contributed by atoms with E-state index in [1.165, 1.54) is 0 Å². The van der Waals surface area contributed by atoms with Gasteiger partial charge in [0.25, 0.3) is 0 Å². The van der Waals surface area contributed by atoms with Crippen LogP contribution in [0.5, 0.6) is 0 Å². The van der Waals surface area contributed by atoms with E-state index in [0.717, 1.165) is 11.8 Å². The molecule has 0 aliphatic carbocycles. The summed E-state index contributed by atoms with van der Waals surface area (Å²) in [5.41, 5.74) is -1.17. The first kappa shape index (κ1) is 19.3. The summed E-state index contributed by atoms with van der Waals surface area (Å²) in [6.45, 7) is -1.12. The van der Waals surface area contributed by atoms with Gasteiger partial charge in [0.1, 0.15) is 42.1 Å². The van der Waals surface area contributed by atoms with Crippen molar-refractivity contribution in [1.82, 2.24) is 0 Å². The molecule has 23 heavy (non-hydrogen) atoms. The maximum Gasteiger partial charge on any atom is 0.188 e. The zero-order chi connectivity index (χ0) is 17.3. The minimum atomic E-state index is -1.66. The summed E-state index contributed by atoms with van der Waals surface area (Å²) in [7, 11) is 0. The Kier molecular flexibility index (Phi) is 6.61. The summed E-state index contributed by atoms with van der Waals surface area (Å²) in [6, 6.07) is 0. The van der Waals surface area contributed by atoms with Gasteiger partial charge in [-0.1, -0.05) is 0 Å². The fraction of sp³-hybridized carbons (Fsp3) is 1.00. The topological polar surface area (TPSA) is 180 Å². The van der Waals surface area contributed by atoms with E-state index in [0.29, 0.717) is 0 Å². The van der Waals surface area contributed by atoms with Crippen LogP contribution in [-0.2, 0) is 9.47 Å². The van der Waals surface area contributed by atoms with Crippen LogP contribution in [0, 0.1) is 0 Å². The maximum atomic E-state index is 9.94. The Balaban J connectivity index is 2.07. The Morgan fingerprint density at radius 3 is 1.91 bits per heavy atom. The van der Waals surface area contributed by atoms with Crippen LogP contribution in [0.3, 0.4) is 0 Å². The Hall–Kier alpha value is -0.0500. The van der Waals surface area contributed by atoms with Gasteiger partial charge in [-0.2, -0.15) is 0 Å². The molecule has 11 heteroatoms. The molecule has 2 aliphatic rings. The average molecular weight is 358 g/mol. The predicted octanol–water partition coefficient (Wildman–Crippen LogP) is -4.68. The smallest absolute Gasteiger partial charge is 0.188 e. The summed E-state index contributed by atoms with van der Waals surface area (Å²) in [6.07, 6.45) is -12.0. The number of thioether (sulfide) groups is 1. The number of rotatable bonds is 4. The van der Waals surface area contributed by atoms with Crippen molar-refractivity contribution < 1.29 is 50.3 Å². The van der Waals surface area contributed by atoms with Gasteiger partial charge in [-0.25, -0.2) is 0 Å². The number of aliphatic hydroxyl groups excluding tert-OH is 8. The molecule has 0 amide bonds. The van der Waals surface area contributed by atoms with Crippen LogP contribution in [0.15, 0.2) is 0 Å². The quantitative estimate of drug-likeness (QED) is 0.242. The van der Waals surface area contributed by atoms with Gasteiger partial charge in [0.15, 0.2) is 6.29 Å². The van der Waals surface area contributed by atoms with Crippen LogP contribution in [0.25, 0.3) is 0 Å². The Morgan fingerprint density at radius 2 is 1.35 bits per heavy atom. The lowest BCUT2D eigenvalue weighted by Gasteiger charge is -2.44. The van der Waals surface area contributed by atoms with E-state index >= 15 is 0 Å². The fourth-order valence-corrected chi connectivity index (χ4v) is 3.74. The number of hydrogen-bond acceptors (Lipinski definition) is 11. The summed E-state index contributed by atoms with van der Waals surface area (Å²) in [5, 5.41) is 76.1. The number of hydrogen-bond donors (Lipinski definition) is 8. The minimum absolute atomic E-state index is 0.482. The second-order valence-corrected chi connectivity index (χ2v) is 6.87. The lowest BCUT2D eigenvalue weighted by molar-refractivity contribution is -0.311. The van der Waals surface area contributed by atoms with Crippen LogP contribution in [0.4, 0.5) is 0 Å². The van der Waals surface area contributed by atoms with Crippen molar-refractivity contribution in [2.24, 2.45) is 0 Å². The van der Waals surface area contributed by atoms with Crippen LogP contribution in [0.2, 0.25) is 0 Å². The molecule has 0 bridgehead atoms. The molecule has 0 aromatic carbocycles. The first-order chi connectivity index (χ1) is 10.8. The lowest BCUT2D eigenvalue weighted by Crippen LogP contribution is -2.61. The number of aliphatic hydroxyl groups is 8. The average Bonchev–Trinajstić information content (AvgIpc) is 2.55. The molecule has 10 atom stereocenters. The van der Waals surface area contributed by atoms with E-state index in [1.54, 1.807) is 0 Å². The third-order valence-electron chi connectivity index (χ3n) is 3.97. The van der Waals surface area contributed by atoms with E-state index in [1.807, 2.05) is 0 Å². The highest BCUT2D eigenvalue weighted by Crippen LogP contribution is 2.35. The maximum absolute atomic E-state index is 9.94. The molecule has 2 fully saturated rings. The summed E-state index contributed by atoms with van der Waals surface area (Å²) in [5.74, 6) is 0. The van der Waals surface area contributed by atoms with Gasteiger partial charge in [0.05, 0.1) is 24.6 Å². The third-order valence-corrected chi connectivity index (χ3v) is 5.40. The van der Waals surface area contributed by atoms with Crippen molar-refractivity contribution in [2.45, 2.75) is 59.7 Å². The molecule has 0 saturated carbocycles. The Bertz CT molecular complexity index is 349. The van der Waals surface area contributed by atoms with Gasteiger partial charge in [-0.3, -0.25) is 0 Å². The van der Waals surface area contributed by atoms with Gasteiger partial charge < -0.3 is 50.3 Å². The predicted molar refractivity (Wildman–Crippen MR) is 75.1 cm³/mol. The van der Waals surface area contributed by atoms with E-state index in [4.69, 9.17) is 14.6 Å². The van der Waals surface area contributed by atoms with Crippen molar-refractivity contribution >= 4 is 11.8 Å². The second kappa shape index (κ2) is 7.89. The van der Waals surface area contributed by atoms with E-state index < -0.39 is 72.9 Å². The molecule has 0 aromatic heterocycles. The van der Waals surface area contributed by atoms with Crippen molar-refractivity contribution in [3.05, 3.63) is 0 Å². The highest BCUT2D eigenvalue weighted by atomic mass is 32.2. The molecule has 2 aliphatic heterocycles. The van der Waals surface area contributed by atoms with Crippen LogP contribution >= 0.6 is 11.8 Å². The van der Waals surface area contributed by atoms with Crippen molar-refractivity contribution in [3.8, 4) is 0 Å². The van der Waals surface area contributed by atoms with E-state index in [2.05, 4.69) is 0 Å². The molecule has 10 nitrogen and oxygen atoms in total. The van der Waals surface area contributed by atoms with Crippen molar-refractivity contribution in [2.75, 3.05) is 13.2 Å². The minimum Gasteiger partial charge on any atom is -0.395 e.